The highest BCUT2D eigenvalue weighted by Crippen LogP contribution is 2.31. The lowest BCUT2D eigenvalue weighted by atomic mass is 10.2. The Hall–Kier alpha value is -3.52. The van der Waals surface area contributed by atoms with Crippen molar-refractivity contribution in [2.24, 2.45) is 0 Å². The van der Waals surface area contributed by atoms with Crippen LogP contribution in [0.15, 0.2) is 60.0 Å². The zero-order chi connectivity index (χ0) is 24.0. The van der Waals surface area contributed by atoms with Crippen LogP contribution >= 0.6 is 11.3 Å². The number of thiazole rings is 1. The van der Waals surface area contributed by atoms with E-state index in [1.165, 1.54) is 41.4 Å². The first kappa shape index (κ1) is 24.1. The summed E-state index contributed by atoms with van der Waals surface area (Å²) in [5, 5.41) is 4.86. The minimum Gasteiger partial charge on any atom is -0.369 e. The number of aromatic nitrogens is 1. The Labute approximate surface area is 197 Å². The number of carbonyl (C=O) groups excluding carboxylic acids is 2. The second-order valence-corrected chi connectivity index (χ2v) is 8.45. The zero-order valence-corrected chi connectivity index (χ0v) is 19.9. The summed E-state index contributed by atoms with van der Waals surface area (Å²) in [7, 11) is 0. The van der Waals surface area contributed by atoms with Crippen molar-refractivity contribution < 1.29 is 14.0 Å². The lowest BCUT2D eigenvalue weighted by Gasteiger charge is -2.27. The van der Waals surface area contributed by atoms with E-state index in [4.69, 9.17) is 0 Å². The number of carbonyl (C=O) groups is 2. The van der Waals surface area contributed by atoms with Crippen LogP contribution in [0, 0.1) is 5.82 Å². The van der Waals surface area contributed by atoms with Crippen molar-refractivity contribution >= 4 is 51.4 Å². The maximum absolute atomic E-state index is 14.2. The molecule has 3 rings (SSSR count). The van der Waals surface area contributed by atoms with Gasteiger partial charge >= 0.3 is 0 Å². The molecule has 6 nitrogen and oxygen atoms in total. The van der Waals surface area contributed by atoms with Crippen molar-refractivity contribution in [3.8, 4) is 0 Å². The van der Waals surface area contributed by atoms with Crippen molar-refractivity contribution in [1.29, 1.82) is 0 Å². The van der Waals surface area contributed by atoms with E-state index < -0.39 is 5.82 Å². The van der Waals surface area contributed by atoms with Crippen molar-refractivity contribution in [3.05, 3.63) is 71.5 Å². The van der Waals surface area contributed by atoms with E-state index in [9.17, 15) is 14.0 Å². The molecule has 172 valence electrons. The molecule has 0 bridgehead atoms. The minimum atomic E-state index is -0.513. The molecule has 0 radical (unpaired) electrons. The molecule has 0 saturated heterocycles. The lowest BCUT2D eigenvalue weighted by molar-refractivity contribution is -0.116. The summed E-state index contributed by atoms with van der Waals surface area (Å²) in [5.74, 6) is -1.17. The Kier molecular flexibility index (Phi) is 7.95. The number of rotatable bonds is 8. The van der Waals surface area contributed by atoms with E-state index in [-0.39, 0.29) is 17.5 Å². The molecule has 0 aliphatic heterocycles. The molecule has 0 atom stereocenters. The summed E-state index contributed by atoms with van der Waals surface area (Å²) < 4.78 is 14.2. The number of hydrogen-bond donors (Lipinski definition) is 1. The van der Waals surface area contributed by atoms with E-state index in [1.54, 1.807) is 23.6 Å². The monoisotopic (exact) mass is 466 g/mol. The van der Waals surface area contributed by atoms with Gasteiger partial charge in [0, 0.05) is 42.3 Å². The zero-order valence-electron chi connectivity index (χ0n) is 19.1. The topological polar surface area (TPSA) is 65.5 Å². The van der Waals surface area contributed by atoms with E-state index >= 15 is 0 Å². The molecule has 33 heavy (non-hydrogen) atoms. The molecule has 2 aromatic carbocycles. The van der Waals surface area contributed by atoms with Gasteiger partial charge in [-0.05, 0) is 63.2 Å². The molecule has 0 saturated carbocycles. The standard InChI is InChI=1S/C25H27FN4O2S/c1-5-29(17(2)3)21-13-10-19(11-14-21)27-24(32)15-12-20-16-33-25(28-20)30(18(4)31)23-9-7-6-8-22(23)26/h6-17H,5H2,1-4H3,(H,27,32)/b15-12+. The van der Waals surface area contributed by atoms with Gasteiger partial charge in [-0.1, -0.05) is 12.1 Å². The van der Waals surface area contributed by atoms with Gasteiger partial charge in [-0.15, -0.1) is 11.3 Å². The van der Waals surface area contributed by atoms with Crippen LogP contribution in [-0.2, 0) is 9.59 Å². The minimum absolute atomic E-state index is 0.134. The smallest absolute Gasteiger partial charge is 0.248 e. The van der Waals surface area contributed by atoms with Gasteiger partial charge in [0.2, 0.25) is 11.8 Å². The molecule has 1 heterocycles. The third-order valence-corrected chi connectivity index (χ3v) is 5.79. The molecular formula is C25H27FN4O2S. The highest BCUT2D eigenvalue weighted by molar-refractivity contribution is 7.14. The van der Waals surface area contributed by atoms with Crippen molar-refractivity contribution in [2.45, 2.75) is 33.7 Å². The molecule has 3 aromatic rings. The molecule has 0 fully saturated rings. The van der Waals surface area contributed by atoms with Crippen molar-refractivity contribution in [2.75, 3.05) is 21.7 Å². The predicted octanol–water partition coefficient (Wildman–Crippen LogP) is 5.85. The van der Waals surface area contributed by atoms with Gasteiger partial charge in [0.1, 0.15) is 5.82 Å². The van der Waals surface area contributed by atoms with Crippen LogP contribution in [0.4, 0.5) is 26.6 Å². The number of benzene rings is 2. The van der Waals surface area contributed by atoms with E-state index in [1.807, 2.05) is 24.3 Å². The molecular weight excluding hydrogens is 439 g/mol. The summed E-state index contributed by atoms with van der Waals surface area (Å²) in [6.45, 7) is 8.64. The van der Waals surface area contributed by atoms with Crippen LogP contribution < -0.4 is 15.1 Å². The summed E-state index contributed by atoms with van der Waals surface area (Å²) in [6.07, 6.45) is 2.93. The van der Waals surface area contributed by atoms with Gasteiger partial charge in [0.25, 0.3) is 0 Å². The highest BCUT2D eigenvalue weighted by Gasteiger charge is 2.20. The van der Waals surface area contributed by atoms with Crippen LogP contribution in [0.25, 0.3) is 6.08 Å². The van der Waals surface area contributed by atoms with Crippen LogP contribution in [0.5, 0.6) is 0 Å². The summed E-state index contributed by atoms with van der Waals surface area (Å²) >= 11 is 1.19. The van der Waals surface area contributed by atoms with Crippen molar-refractivity contribution in [3.63, 3.8) is 0 Å². The molecule has 2 amide bonds. The number of amides is 2. The Balaban J connectivity index is 1.68. The van der Waals surface area contributed by atoms with Crippen LogP contribution in [0.1, 0.15) is 33.4 Å². The normalized spacial score (nSPS) is 11.1. The Morgan fingerprint density at radius 3 is 2.45 bits per heavy atom. The SMILES string of the molecule is CCN(c1ccc(NC(=O)/C=C/c2csc(N(C(C)=O)c3ccccc3F)n2)cc1)C(C)C. The second-order valence-electron chi connectivity index (χ2n) is 7.61. The number of hydrogen-bond acceptors (Lipinski definition) is 5. The maximum Gasteiger partial charge on any atom is 0.248 e. The summed E-state index contributed by atoms with van der Waals surface area (Å²) in [4.78, 5) is 32.3. The summed E-state index contributed by atoms with van der Waals surface area (Å²) in [6, 6.07) is 14.1. The Morgan fingerprint density at radius 2 is 1.85 bits per heavy atom. The average molecular weight is 467 g/mol. The van der Waals surface area contributed by atoms with Gasteiger partial charge < -0.3 is 10.2 Å². The van der Waals surface area contributed by atoms with E-state index in [2.05, 4.69) is 36.0 Å². The van der Waals surface area contributed by atoms with Gasteiger partial charge in [0.05, 0.1) is 11.4 Å². The molecule has 1 N–H and O–H groups in total. The Morgan fingerprint density at radius 1 is 1.15 bits per heavy atom. The second kappa shape index (κ2) is 10.9. The van der Waals surface area contributed by atoms with Crippen LogP contribution in [-0.4, -0.2) is 29.4 Å². The van der Waals surface area contributed by atoms with Gasteiger partial charge in [0.15, 0.2) is 5.13 Å². The van der Waals surface area contributed by atoms with Crippen LogP contribution in [0.2, 0.25) is 0 Å². The van der Waals surface area contributed by atoms with Crippen LogP contribution in [0.3, 0.4) is 0 Å². The molecule has 0 aliphatic rings. The fourth-order valence-corrected chi connectivity index (χ4v) is 4.27. The first-order chi connectivity index (χ1) is 15.8. The highest BCUT2D eigenvalue weighted by atomic mass is 32.1. The van der Waals surface area contributed by atoms with Gasteiger partial charge in [-0.25, -0.2) is 9.37 Å². The number of para-hydroxylation sites is 1. The largest absolute Gasteiger partial charge is 0.369 e. The van der Waals surface area contributed by atoms with E-state index in [0.717, 1.165) is 12.2 Å². The third-order valence-electron chi connectivity index (χ3n) is 4.95. The number of halogens is 1. The average Bonchev–Trinajstić information content (AvgIpc) is 3.23. The molecule has 1 aromatic heterocycles. The fourth-order valence-electron chi connectivity index (χ4n) is 3.42. The summed E-state index contributed by atoms with van der Waals surface area (Å²) in [5.41, 5.74) is 2.42. The molecule has 0 spiro atoms. The molecule has 0 aliphatic carbocycles. The van der Waals surface area contributed by atoms with Gasteiger partial charge in [-0.2, -0.15) is 0 Å². The van der Waals surface area contributed by atoms with Crippen molar-refractivity contribution in [1.82, 2.24) is 4.98 Å². The first-order valence-electron chi connectivity index (χ1n) is 10.7. The molecule has 0 unspecified atom stereocenters. The third kappa shape index (κ3) is 6.04. The molecule has 8 heteroatoms. The van der Waals surface area contributed by atoms with E-state index in [0.29, 0.717) is 22.6 Å². The number of anilines is 4. The van der Waals surface area contributed by atoms with Gasteiger partial charge in [-0.3, -0.25) is 14.5 Å². The first-order valence-corrected chi connectivity index (χ1v) is 11.5. The lowest BCUT2D eigenvalue weighted by Crippen LogP contribution is -2.30. The predicted molar refractivity (Wildman–Crippen MR) is 134 cm³/mol. The number of nitrogens with zero attached hydrogens (tertiary/aromatic N) is 3. The Bertz CT molecular complexity index is 1140. The number of nitrogens with one attached hydrogen (secondary N) is 1. The fraction of sp³-hybridized carbons (Fsp3) is 0.240. The quantitative estimate of drug-likeness (QED) is 0.423. The maximum atomic E-state index is 14.2.